The van der Waals surface area contributed by atoms with Crippen LogP contribution in [-0.2, 0) is 4.74 Å². The van der Waals surface area contributed by atoms with Gasteiger partial charge < -0.3 is 10.1 Å². The minimum atomic E-state index is -0.459. The highest BCUT2D eigenvalue weighted by Gasteiger charge is 2.13. The summed E-state index contributed by atoms with van der Waals surface area (Å²) in [6.07, 6.45) is 1.68. The molecule has 0 atom stereocenters. The van der Waals surface area contributed by atoms with E-state index in [1.807, 2.05) is 49.4 Å². The van der Waals surface area contributed by atoms with E-state index in [9.17, 15) is 9.59 Å². The number of nitrogens with one attached hydrogen (secondary N) is 1. The average molecular weight is 400 g/mol. The number of pyridine rings is 1. The molecule has 0 unspecified atom stereocenters. The van der Waals surface area contributed by atoms with Gasteiger partial charge in [-0.15, -0.1) is 0 Å². The fourth-order valence-electron chi connectivity index (χ4n) is 3.12. The molecule has 0 aliphatic heterocycles. The van der Waals surface area contributed by atoms with Gasteiger partial charge in [-0.3, -0.25) is 9.78 Å². The van der Waals surface area contributed by atoms with Crippen LogP contribution in [0.3, 0.4) is 0 Å². The lowest BCUT2D eigenvalue weighted by Crippen LogP contribution is -2.14. The maximum atomic E-state index is 12.8. The third-order valence-electron chi connectivity index (χ3n) is 4.62. The van der Waals surface area contributed by atoms with Crippen molar-refractivity contribution in [3.8, 4) is 5.69 Å². The van der Waals surface area contributed by atoms with Gasteiger partial charge in [-0.05, 0) is 56.3 Å². The van der Waals surface area contributed by atoms with E-state index < -0.39 is 5.97 Å². The Labute approximate surface area is 173 Å². The number of nitrogens with zero attached hydrogens (tertiary/aromatic N) is 3. The minimum Gasteiger partial charge on any atom is -0.461 e. The highest BCUT2D eigenvalue weighted by atomic mass is 16.5. The molecule has 7 heteroatoms. The number of benzene rings is 2. The molecule has 2 aromatic heterocycles. The number of para-hydroxylation sites is 1. The molecule has 4 aromatic rings. The first-order chi connectivity index (χ1) is 14.5. The lowest BCUT2D eigenvalue weighted by molar-refractivity contribution is 0.0519. The number of rotatable bonds is 5. The Morgan fingerprint density at radius 1 is 1.07 bits per heavy atom. The third-order valence-corrected chi connectivity index (χ3v) is 4.62. The molecule has 0 spiro atoms. The Kier molecular flexibility index (Phi) is 5.26. The smallest absolute Gasteiger partial charge is 0.358 e. The summed E-state index contributed by atoms with van der Waals surface area (Å²) < 4.78 is 6.53. The Bertz CT molecular complexity index is 1230. The van der Waals surface area contributed by atoms with E-state index in [-0.39, 0.29) is 11.6 Å². The zero-order chi connectivity index (χ0) is 21.1. The SMILES string of the molecule is CCOC(=O)c1ccn(-c2ccc(NC(=O)c3cc4ccccc4nc3C)cc2)n1. The molecule has 0 aliphatic rings. The Morgan fingerprint density at radius 2 is 1.83 bits per heavy atom. The average Bonchev–Trinajstić information content (AvgIpc) is 3.24. The molecule has 150 valence electrons. The molecule has 30 heavy (non-hydrogen) atoms. The molecule has 2 heterocycles. The molecule has 0 radical (unpaired) electrons. The topological polar surface area (TPSA) is 86.1 Å². The van der Waals surface area contributed by atoms with Crippen molar-refractivity contribution >= 4 is 28.5 Å². The number of carbonyl (C=O) groups excluding carboxylic acids is 2. The number of hydrogen-bond donors (Lipinski definition) is 1. The molecular weight excluding hydrogens is 380 g/mol. The maximum absolute atomic E-state index is 12.8. The van der Waals surface area contributed by atoms with Gasteiger partial charge in [-0.25, -0.2) is 9.48 Å². The van der Waals surface area contributed by atoms with Gasteiger partial charge in [0, 0.05) is 17.3 Å². The van der Waals surface area contributed by atoms with Crippen molar-refractivity contribution in [2.75, 3.05) is 11.9 Å². The highest BCUT2D eigenvalue weighted by molar-refractivity contribution is 6.06. The van der Waals surface area contributed by atoms with Gasteiger partial charge in [0.2, 0.25) is 0 Å². The number of aryl methyl sites for hydroxylation is 1. The summed E-state index contributed by atoms with van der Waals surface area (Å²) >= 11 is 0. The number of ether oxygens (including phenoxy) is 1. The fraction of sp³-hybridized carbons (Fsp3) is 0.130. The third kappa shape index (κ3) is 3.91. The van der Waals surface area contributed by atoms with Crippen LogP contribution in [0, 0.1) is 6.92 Å². The van der Waals surface area contributed by atoms with Crippen LogP contribution in [0.25, 0.3) is 16.6 Å². The van der Waals surface area contributed by atoms with Crippen molar-refractivity contribution in [3.05, 3.63) is 83.8 Å². The van der Waals surface area contributed by atoms with Crippen LogP contribution in [0.1, 0.15) is 33.5 Å². The van der Waals surface area contributed by atoms with E-state index in [0.717, 1.165) is 16.6 Å². The quantitative estimate of drug-likeness (QED) is 0.509. The van der Waals surface area contributed by atoms with Crippen LogP contribution in [0.15, 0.2) is 66.9 Å². The summed E-state index contributed by atoms with van der Waals surface area (Å²) in [5.74, 6) is -0.679. The number of carbonyl (C=O) groups is 2. The minimum absolute atomic E-state index is 0.220. The molecule has 1 N–H and O–H groups in total. The summed E-state index contributed by atoms with van der Waals surface area (Å²) in [7, 11) is 0. The maximum Gasteiger partial charge on any atom is 0.358 e. The van der Waals surface area contributed by atoms with E-state index in [0.29, 0.717) is 23.6 Å². The molecule has 1 amide bonds. The van der Waals surface area contributed by atoms with E-state index in [2.05, 4.69) is 15.4 Å². The largest absolute Gasteiger partial charge is 0.461 e. The van der Waals surface area contributed by atoms with Gasteiger partial charge in [-0.1, -0.05) is 18.2 Å². The predicted molar refractivity (Wildman–Crippen MR) is 114 cm³/mol. The molecule has 0 saturated heterocycles. The number of fused-ring (bicyclic) bond motifs is 1. The molecule has 2 aromatic carbocycles. The van der Waals surface area contributed by atoms with Gasteiger partial charge in [0.1, 0.15) is 0 Å². The second-order valence-corrected chi connectivity index (χ2v) is 6.68. The first kappa shape index (κ1) is 19.3. The molecular formula is C23H20N4O3. The van der Waals surface area contributed by atoms with Gasteiger partial charge in [0.05, 0.1) is 29.1 Å². The van der Waals surface area contributed by atoms with Gasteiger partial charge >= 0.3 is 5.97 Å². The number of hydrogen-bond acceptors (Lipinski definition) is 5. The van der Waals surface area contributed by atoms with Crippen molar-refractivity contribution < 1.29 is 14.3 Å². The number of anilines is 1. The zero-order valence-corrected chi connectivity index (χ0v) is 16.6. The van der Waals surface area contributed by atoms with Gasteiger partial charge in [-0.2, -0.15) is 5.10 Å². The molecule has 4 rings (SSSR count). The predicted octanol–water partition coefficient (Wildman–Crippen LogP) is 4.16. The first-order valence-corrected chi connectivity index (χ1v) is 9.56. The van der Waals surface area contributed by atoms with Crippen LogP contribution in [0.5, 0.6) is 0 Å². The molecule has 0 aliphatic carbocycles. The highest BCUT2D eigenvalue weighted by Crippen LogP contribution is 2.19. The van der Waals surface area contributed by atoms with Crippen LogP contribution in [0.4, 0.5) is 5.69 Å². The van der Waals surface area contributed by atoms with E-state index in [4.69, 9.17) is 4.74 Å². The van der Waals surface area contributed by atoms with E-state index in [1.54, 1.807) is 36.0 Å². The standard InChI is InChI=1S/C23H20N4O3/c1-3-30-23(29)21-12-13-27(26-21)18-10-8-17(9-11-18)25-22(28)19-14-16-6-4-5-7-20(16)24-15(19)2/h4-14H,3H2,1-2H3,(H,25,28). The number of amides is 1. The van der Waals surface area contributed by atoms with E-state index in [1.165, 1.54) is 0 Å². The summed E-state index contributed by atoms with van der Waals surface area (Å²) in [6, 6.07) is 18.3. The Hall–Kier alpha value is -4.00. The van der Waals surface area contributed by atoms with Crippen molar-refractivity contribution in [3.63, 3.8) is 0 Å². The zero-order valence-electron chi connectivity index (χ0n) is 16.6. The summed E-state index contributed by atoms with van der Waals surface area (Å²) in [6.45, 7) is 3.87. The van der Waals surface area contributed by atoms with E-state index >= 15 is 0 Å². The summed E-state index contributed by atoms with van der Waals surface area (Å²) in [5, 5.41) is 8.04. The van der Waals surface area contributed by atoms with Gasteiger partial charge in [0.15, 0.2) is 5.69 Å². The molecule has 0 saturated carbocycles. The number of aromatic nitrogens is 3. The lowest BCUT2D eigenvalue weighted by atomic mass is 10.1. The Morgan fingerprint density at radius 3 is 2.60 bits per heavy atom. The first-order valence-electron chi connectivity index (χ1n) is 9.56. The monoisotopic (exact) mass is 400 g/mol. The van der Waals surface area contributed by atoms with Crippen molar-refractivity contribution in [1.82, 2.24) is 14.8 Å². The summed E-state index contributed by atoms with van der Waals surface area (Å²) in [5.41, 5.74) is 3.71. The van der Waals surface area contributed by atoms with Crippen molar-refractivity contribution in [2.24, 2.45) is 0 Å². The van der Waals surface area contributed by atoms with Crippen LogP contribution >= 0.6 is 0 Å². The normalized spacial score (nSPS) is 10.7. The second kappa shape index (κ2) is 8.16. The second-order valence-electron chi connectivity index (χ2n) is 6.68. The van der Waals surface area contributed by atoms with Crippen LogP contribution in [-0.4, -0.2) is 33.2 Å². The van der Waals surface area contributed by atoms with Crippen LogP contribution < -0.4 is 5.32 Å². The summed E-state index contributed by atoms with van der Waals surface area (Å²) in [4.78, 5) is 29.0. The fourth-order valence-corrected chi connectivity index (χ4v) is 3.12. The van der Waals surface area contributed by atoms with Gasteiger partial charge in [0.25, 0.3) is 5.91 Å². The van der Waals surface area contributed by atoms with Crippen molar-refractivity contribution in [2.45, 2.75) is 13.8 Å². The molecule has 7 nitrogen and oxygen atoms in total. The molecule has 0 bridgehead atoms. The number of esters is 1. The Balaban J connectivity index is 1.50. The lowest BCUT2D eigenvalue weighted by Gasteiger charge is -2.09. The van der Waals surface area contributed by atoms with Crippen LogP contribution in [0.2, 0.25) is 0 Å². The van der Waals surface area contributed by atoms with Crippen molar-refractivity contribution in [1.29, 1.82) is 0 Å². The molecule has 0 fully saturated rings.